The number of anilines is 1. The van der Waals surface area contributed by atoms with E-state index in [1.54, 1.807) is 12.1 Å². The van der Waals surface area contributed by atoms with E-state index in [0.717, 1.165) is 21.7 Å². The van der Waals surface area contributed by atoms with Crippen LogP contribution < -0.4 is 14.4 Å². The first-order valence-corrected chi connectivity index (χ1v) is 14.0. The number of nitrogens with zero attached hydrogens (tertiary/aromatic N) is 2. The molecule has 0 aromatic heterocycles. The molecule has 2 amide bonds. The molecule has 0 aliphatic carbocycles. The Morgan fingerprint density at radius 3 is 2.36 bits per heavy atom. The van der Waals surface area contributed by atoms with Crippen molar-refractivity contribution < 1.29 is 22.7 Å². The molecular formula is C26H36ClN3O5S. The molecule has 2 aromatic rings. The topological polar surface area (TPSA) is 96.0 Å². The van der Waals surface area contributed by atoms with E-state index in [1.165, 1.54) is 18.1 Å². The molecule has 2 aromatic carbocycles. The predicted molar refractivity (Wildman–Crippen MR) is 144 cm³/mol. The molecule has 198 valence electrons. The molecule has 8 nitrogen and oxygen atoms in total. The van der Waals surface area contributed by atoms with E-state index in [-0.39, 0.29) is 29.8 Å². The van der Waals surface area contributed by atoms with Crippen molar-refractivity contribution in [2.24, 2.45) is 5.92 Å². The zero-order valence-electron chi connectivity index (χ0n) is 21.7. The van der Waals surface area contributed by atoms with Crippen LogP contribution in [-0.4, -0.2) is 57.6 Å². The van der Waals surface area contributed by atoms with Gasteiger partial charge in [0, 0.05) is 18.1 Å². The lowest BCUT2D eigenvalue weighted by molar-refractivity contribution is -0.140. The number of carbonyl (C=O) groups is 2. The predicted octanol–water partition coefficient (Wildman–Crippen LogP) is 4.00. The van der Waals surface area contributed by atoms with E-state index >= 15 is 0 Å². The first-order chi connectivity index (χ1) is 16.9. The molecule has 0 saturated carbocycles. The van der Waals surface area contributed by atoms with Gasteiger partial charge in [-0.25, -0.2) is 8.42 Å². The van der Waals surface area contributed by atoms with Gasteiger partial charge in [-0.05, 0) is 48.6 Å². The lowest BCUT2D eigenvalue weighted by Crippen LogP contribution is -2.52. The van der Waals surface area contributed by atoms with Crippen molar-refractivity contribution in [3.05, 3.63) is 58.6 Å². The molecule has 1 N–H and O–H groups in total. The molecule has 0 aliphatic heterocycles. The molecule has 0 saturated heterocycles. The first-order valence-electron chi connectivity index (χ1n) is 11.8. The van der Waals surface area contributed by atoms with Crippen LogP contribution in [0, 0.1) is 12.8 Å². The minimum atomic E-state index is -3.90. The van der Waals surface area contributed by atoms with E-state index < -0.39 is 28.5 Å². The average molecular weight is 538 g/mol. The van der Waals surface area contributed by atoms with Crippen LogP contribution in [0.15, 0.2) is 42.5 Å². The van der Waals surface area contributed by atoms with Gasteiger partial charge in [0.25, 0.3) is 0 Å². The highest BCUT2D eigenvalue weighted by atomic mass is 35.5. The fourth-order valence-electron chi connectivity index (χ4n) is 3.77. The van der Waals surface area contributed by atoms with Crippen LogP contribution in [0.2, 0.25) is 5.02 Å². The summed E-state index contributed by atoms with van der Waals surface area (Å²) in [6, 6.07) is 11.4. The van der Waals surface area contributed by atoms with Crippen molar-refractivity contribution in [1.82, 2.24) is 10.2 Å². The Labute approximate surface area is 219 Å². The second kappa shape index (κ2) is 13.0. The molecule has 0 aliphatic rings. The van der Waals surface area contributed by atoms with Gasteiger partial charge in [0.2, 0.25) is 21.8 Å². The molecular weight excluding hydrogens is 502 g/mol. The molecule has 0 unspecified atom stereocenters. The second-order valence-electron chi connectivity index (χ2n) is 9.10. The normalized spacial score (nSPS) is 12.2. The van der Waals surface area contributed by atoms with E-state index in [1.807, 2.05) is 52.0 Å². The lowest BCUT2D eigenvalue weighted by atomic mass is 10.1. The van der Waals surface area contributed by atoms with Crippen LogP contribution in [0.1, 0.15) is 38.3 Å². The number of hydrogen-bond acceptors (Lipinski definition) is 5. The second-order valence-corrected chi connectivity index (χ2v) is 11.4. The van der Waals surface area contributed by atoms with Crippen molar-refractivity contribution in [2.75, 3.05) is 30.8 Å². The van der Waals surface area contributed by atoms with Crippen LogP contribution >= 0.6 is 11.6 Å². The number of aryl methyl sites for hydroxylation is 1. The minimum Gasteiger partial charge on any atom is -0.495 e. The van der Waals surface area contributed by atoms with Gasteiger partial charge in [0.1, 0.15) is 18.3 Å². The Balaban J connectivity index is 2.51. The van der Waals surface area contributed by atoms with Crippen molar-refractivity contribution >= 4 is 39.1 Å². The Morgan fingerprint density at radius 2 is 1.81 bits per heavy atom. The van der Waals surface area contributed by atoms with E-state index in [0.29, 0.717) is 18.0 Å². The minimum absolute atomic E-state index is 0.147. The van der Waals surface area contributed by atoms with Gasteiger partial charge in [-0.15, -0.1) is 0 Å². The fourth-order valence-corrected chi connectivity index (χ4v) is 4.78. The molecule has 36 heavy (non-hydrogen) atoms. The van der Waals surface area contributed by atoms with Crippen LogP contribution in [0.25, 0.3) is 0 Å². The zero-order chi connectivity index (χ0) is 27.0. The quantitative estimate of drug-likeness (QED) is 0.441. The van der Waals surface area contributed by atoms with Crippen LogP contribution in [0.4, 0.5) is 5.69 Å². The zero-order valence-corrected chi connectivity index (χ0v) is 23.3. The van der Waals surface area contributed by atoms with Crippen molar-refractivity contribution in [3.63, 3.8) is 0 Å². The number of amides is 2. The highest BCUT2D eigenvalue weighted by Crippen LogP contribution is 2.33. The van der Waals surface area contributed by atoms with Crippen LogP contribution in [-0.2, 0) is 26.2 Å². The highest BCUT2D eigenvalue weighted by molar-refractivity contribution is 7.92. The van der Waals surface area contributed by atoms with Crippen LogP contribution in [0.5, 0.6) is 5.75 Å². The molecule has 0 heterocycles. The average Bonchev–Trinajstić information content (AvgIpc) is 2.81. The highest BCUT2D eigenvalue weighted by Gasteiger charge is 2.32. The number of carbonyl (C=O) groups excluding carboxylic acids is 2. The summed E-state index contributed by atoms with van der Waals surface area (Å²) in [4.78, 5) is 28.4. The number of benzene rings is 2. The molecule has 0 spiro atoms. The summed E-state index contributed by atoms with van der Waals surface area (Å²) in [7, 11) is -2.50. The first kappa shape index (κ1) is 29.5. The number of methoxy groups -OCH3 is 1. The molecule has 0 fully saturated rings. The van der Waals surface area contributed by atoms with Gasteiger partial charge >= 0.3 is 0 Å². The number of sulfonamides is 1. The largest absolute Gasteiger partial charge is 0.495 e. The van der Waals surface area contributed by atoms with Gasteiger partial charge in [-0.1, -0.05) is 56.6 Å². The third-order valence-electron chi connectivity index (χ3n) is 5.76. The van der Waals surface area contributed by atoms with Gasteiger partial charge < -0.3 is 15.0 Å². The van der Waals surface area contributed by atoms with Gasteiger partial charge in [0.05, 0.1) is 19.1 Å². The maximum absolute atomic E-state index is 13.8. The van der Waals surface area contributed by atoms with E-state index in [9.17, 15) is 18.0 Å². The molecule has 0 radical (unpaired) electrons. The van der Waals surface area contributed by atoms with Gasteiger partial charge in [-0.2, -0.15) is 0 Å². The van der Waals surface area contributed by atoms with Crippen molar-refractivity contribution in [3.8, 4) is 5.75 Å². The smallest absolute Gasteiger partial charge is 0.244 e. The van der Waals surface area contributed by atoms with E-state index in [2.05, 4.69) is 5.32 Å². The Morgan fingerprint density at radius 1 is 1.14 bits per heavy atom. The summed E-state index contributed by atoms with van der Waals surface area (Å²) in [5.41, 5.74) is 1.98. The summed E-state index contributed by atoms with van der Waals surface area (Å²) >= 11 is 6.14. The molecule has 10 heteroatoms. The van der Waals surface area contributed by atoms with E-state index in [4.69, 9.17) is 16.3 Å². The van der Waals surface area contributed by atoms with Crippen molar-refractivity contribution in [2.45, 2.75) is 46.7 Å². The number of halogens is 1. The van der Waals surface area contributed by atoms with Crippen molar-refractivity contribution in [1.29, 1.82) is 0 Å². The number of ether oxygens (including phenoxy) is 1. The monoisotopic (exact) mass is 537 g/mol. The Kier molecular flexibility index (Phi) is 10.6. The third-order valence-corrected chi connectivity index (χ3v) is 7.12. The SMILES string of the molecule is CC[C@@H](C(=O)NCC(C)C)N(Cc1ccccc1C)C(=O)CN(c1cc(Cl)ccc1OC)S(C)(=O)=O. The Hall–Kier alpha value is -2.78. The summed E-state index contributed by atoms with van der Waals surface area (Å²) in [6.07, 6.45) is 1.37. The lowest BCUT2D eigenvalue weighted by Gasteiger charge is -2.33. The maximum Gasteiger partial charge on any atom is 0.244 e. The fraction of sp³-hybridized carbons (Fsp3) is 0.462. The van der Waals surface area contributed by atoms with Crippen LogP contribution in [0.3, 0.4) is 0 Å². The summed E-state index contributed by atoms with van der Waals surface area (Å²) in [5, 5.41) is 3.20. The Bertz CT molecular complexity index is 1170. The molecule has 2 rings (SSSR count). The third kappa shape index (κ3) is 7.86. The standard InChI is InChI=1S/C26H36ClN3O5S/c1-7-22(26(32)28-15-18(2)3)29(16-20-11-9-8-10-19(20)4)25(31)17-30(36(6,33)34)23-14-21(27)12-13-24(23)35-5/h8-14,18,22H,7,15-17H2,1-6H3,(H,28,32)/t22-/m0/s1. The number of nitrogens with one attached hydrogen (secondary N) is 1. The molecule has 0 bridgehead atoms. The van der Waals surface area contributed by atoms with Gasteiger partial charge in [-0.3, -0.25) is 13.9 Å². The summed E-state index contributed by atoms with van der Waals surface area (Å²) < 4.78 is 31.9. The number of rotatable bonds is 12. The summed E-state index contributed by atoms with van der Waals surface area (Å²) in [6.45, 7) is 7.83. The summed E-state index contributed by atoms with van der Waals surface area (Å²) in [5.74, 6) is -0.301. The number of hydrogen-bond donors (Lipinski definition) is 1. The molecule has 1 atom stereocenters. The maximum atomic E-state index is 13.8. The van der Waals surface area contributed by atoms with Gasteiger partial charge in [0.15, 0.2) is 0 Å².